The quantitative estimate of drug-likeness (QED) is 0.176. The largest absolute Gasteiger partial charge is 0.336 e. The van der Waals surface area contributed by atoms with Crippen molar-refractivity contribution in [2.45, 2.75) is 149 Å². The molecule has 186 valence electrons. The first-order valence-corrected chi connectivity index (χ1v) is 14.7. The van der Waals surface area contributed by atoms with Crippen LogP contribution in [0, 0.1) is 11.3 Å². The smallest absolute Gasteiger partial charge is 0.273 e. The van der Waals surface area contributed by atoms with E-state index in [-0.39, 0.29) is 5.41 Å². The van der Waals surface area contributed by atoms with E-state index in [0.717, 1.165) is 38.5 Å². The van der Waals surface area contributed by atoms with Gasteiger partial charge in [-0.3, -0.25) is 4.55 Å². The second-order valence-corrected chi connectivity index (χ2v) is 12.3. The number of nitrogens with zero attached hydrogens (tertiary/aromatic N) is 1. The van der Waals surface area contributed by atoms with E-state index in [1.807, 2.05) is 6.92 Å². The van der Waals surface area contributed by atoms with Crippen LogP contribution < -0.4 is 0 Å². The molecule has 1 saturated carbocycles. The minimum absolute atomic E-state index is 0.156. The highest BCUT2D eigenvalue weighted by Gasteiger charge is 2.53. The van der Waals surface area contributed by atoms with Gasteiger partial charge in [-0.15, -0.1) is 0 Å². The van der Waals surface area contributed by atoms with Crippen molar-refractivity contribution in [1.29, 1.82) is 0 Å². The van der Waals surface area contributed by atoms with Gasteiger partial charge < -0.3 is 0 Å². The van der Waals surface area contributed by atoms with Crippen molar-refractivity contribution in [2.75, 3.05) is 6.54 Å². The van der Waals surface area contributed by atoms with Crippen LogP contribution in [0.2, 0.25) is 0 Å². The molecule has 1 N–H and O–H groups in total. The Morgan fingerprint density at radius 2 is 1.23 bits per heavy atom. The summed E-state index contributed by atoms with van der Waals surface area (Å²) in [6.07, 6.45) is 20.9. The highest BCUT2D eigenvalue weighted by Crippen LogP contribution is 2.51. The summed E-state index contributed by atoms with van der Waals surface area (Å²) in [5.41, 5.74) is -0.675. The van der Waals surface area contributed by atoms with Crippen LogP contribution in [0.15, 0.2) is 0 Å². The molecule has 31 heavy (non-hydrogen) atoms. The number of unbranched alkanes of at least 4 members (excludes halogenated alkanes) is 13. The van der Waals surface area contributed by atoms with Crippen molar-refractivity contribution >= 4 is 10.3 Å². The molecule has 1 fully saturated rings. The third kappa shape index (κ3) is 9.33. The first-order chi connectivity index (χ1) is 14.6. The first-order valence-electron chi connectivity index (χ1n) is 13.3. The van der Waals surface area contributed by atoms with Crippen LogP contribution >= 0.6 is 0 Å². The number of hydrogen-bond acceptors (Lipinski definition) is 2. The third-order valence-corrected chi connectivity index (χ3v) is 9.61. The first kappa shape index (κ1) is 28.9. The molecular formula is C26H53NO3S. The van der Waals surface area contributed by atoms with E-state index >= 15 is 0 Å². The second kappa shape index (κ2) is 14.2. The lowest BCUT2D eigenvalue weighted by atomic mass is 9.59. The van der Waals surface area contributed by atoms with Crippen LogP contribution in [-0.2, 0) is 10.3 Å². The van der Waals surface area contributed by atoms with E-state index in [2.05, 4.69) is 27.7 Å². The predicted molar refractivity (Wildman–Crippen MR) is 134 cm³/mol. The van der Waals surface area contributed by atoms with E-state index in [1.165, 1.54) is 74.9 Å². The summed E-state index contributed by atoms with van der Waals surface area (Å²) in [4.78, 5) is 0. The third-order valence-electron chi connectivity index (χ3n) is 8.46. The van der Waals surface area contributed by atoms with Gasteiger partial charge in [-0.1, -0.05) is 124 Å². The van der Waals surface area contributed by atoms with Gasteiger partial charge in [-0.05, 0) is 31.1 Å². The predicted octanol–water partition coefficient (Wildman–Crippen LogP) is 8.18. The molecule has 0 amide bonds. The summed E-state index contributed by atoms with van der Waals surface area (Å²) >= 11 is 0. The van der Waals surface area contributed by atoms with Crippen LogP contribution in [0.5, 0.6) is 0 Å². The Hall–Kier alpha value is -0.130. The highest BCUT2D eigenvalue weighted by molar-refractivity contribution is 7.83. The molecule has 5 heteroatoms. The molecule has 0 aromatic carbocycles. The van der Waals surface area contributed by atoms with E-state index in [0.29, 0.717) is 12.5 Å². The molecular weight excluding hydrogens is 406 g/mol. The summed E-state index contributed by atoms with van der Waals surface area (Å²) in [5.74, 6) is 0.437. The van der Waals surface area contributed by atoms with Gasteiger partial charge in [0, 0.05) is 12.1 Å². The van der Waals surface area contributed by atoms with Crippen molar-refractivity contribution < 1.29 is 13.0 Å². The Labute approximate surface area is 194 Å². The van der Waals surface area contributed by atoms with Gasteiger partial charge in [0.15, 0.2) is 0 Å². The fourth-order valence-corrected chi connectivity index (χ4v) is 6.67. The zero-order valence-electron chi connectivity index (χ0n) is 21.4. The minimum atomic E-state index is -4.20. The maximum atomic E-state index is 12.3. The van der Waals surface area contributed by atoms with Gasteiger partial charge >= 0.3 is 10.3 Å². The van der Waals surface area contributed by atoms with E-state index in [1.54, 1.807) is 0 Å². The second-order valence-electron chi connectivity index (χ2n) is 10.9. The lowest BCUT2D eigenvalue weighted by Crippen LogP contribution is -2.61. The molecule has 0 heterocycles. The van der Waals surface area contributed by atoms with Crippen LogP contribution in [-0.4, -0.2) is 29.4 Å². The molecule has 0 aliphatic heterocycles. The monoisotopic (exact) mass is 459 g/mol. The normalized spacial score (nSPS) is 24.0. The summed E-state index contributed by atoms with van der Waals surface area (Å²) in [5, 5.41) is 0. The lowest BCUT2D eigenvalue weighted by molar-refractivity contribution is -0.0296. The number of rotatable bonds is 17. The lowest BCUT2D eigenvalue weighted by Gasteiger charge is -2.55. The highest BCUT2D eigenvalue weighted by atomic mass is 32.2. The van der Waals surface area contributed by atoms with Gasteiger partial charge in [0.2, 0.25) is 0 Å². The van der Waals surface area contributed by atoms with Gasteiger partial charge in [0.05, 0.1) is 0 Å². The molecule has 4 nitrogen and oxygen atoms in total. The van der Waals surface area contributed by atoms with Crippen molar-refractivity contribution in [3.63, 3.8) is 0 Å². The molecule has 0 aromatic heterocycles. The van der Waals surface area contributed by atoms with Crippen LogP contribution in [0.1, 0.15) is 144 Å². The Kier molecular flexibility index (Phi) is 13.2. The molecule has 1 rings (SSSR count). The Balaban J connectivity index is 2.25. The molecule has 0 bridgehead atoms. The maximum absolute atomic E-state index is 12.3. The van der Waals surface area contributed by atoms with Crippen molar-refractivity contribution in [1.82, 2.24) is 4.31 Å². The average molecular weight is 460 g/mol. The zero-order valence-corrected chi connectivity index (χ0v) is 22.2. The fraction of sp³-hybridized carbons (Fsp3) is 1.00. The average Bonchev–Trinajstić information content (AvgIpc) is 2.68. The molecule has 1 aliphatic rings. The summed E-state index contributed by atoms with van der Waals surface area (Å²) in [7, 11) is -4.20. The van der Waals surface area contributed by atoms with Crippen molar-refractivity contribution in [3.05, 3.63) is 0 Å². The van der Waals surface area contributed by atoms with Crippen LogP contribution in [0.3, 0.4) is 0 Å². The number of hydrogen-bond donors (Lipinski definition) is 1. The molecule has 2 atom stereocenters. The van der Waals surface area contributed by atoms with Gasteiger partial charge in [0.1, 0.15) is 0 Å². The van der Waals surface area contributed by atoms with E-state index < -0.39 is 15.8 Å². The van der Waals surface area contributed by atoms with E-state index in [9.17, 15) is 13.0 Å². The minimum Gasteiger partial charge on any atom is -0.273 e. The molecule has 0 saturated heterocycles. The summed E-state index contributed by atoms with van der Waals surface area (Å²) in [6, 6.07) is 0. The standard InChI is InChI=1S/C26H53NO3S/c1-6-7-8-9-10-11-12-13-14-15-16-17-18-19-23-27(31(28,29)30)26(5)22-20-21-24(2)25(26,3)4/h24H,6-23H2,1-5H3,(H,28,29,30). The molecule has 0 aromatic rings. The van der Waals surface area contributed by atoms with Gasteiger partial charge in [-0.2, -0.15) is 12.7 Å². The summed E-state index contributed by atoms with van der Waals surface area (Å²) < 4.78 is 36.0. The SMILES string of the molecule is CCCCCCCCCCCCCCCCN(C1(C)CCCC(C)C1(C)C)S(=O)(=O)O. The Morgan fingerprint density at radius 1 is 0.806 bits per heavy atom. The summed E-state index contributed by atoms with van der Waals surface area (Å²) in [6.45, 7) is 11.3. The van der Waals surface area contributed by atoms with Crippen LogP contribution in [0.4, 0.5) is 0 Å². The zero-order chi connectivity index (χ0) is 23.4. The topological polar surface area (TPSA) is 57.6 Å². The molecule has 2 unspecified atom stereocenters. The molecule has 0 spiro atoms. The van der Waals surface area contributed by atoms with Crippen molar-refractivity contribution in [3.8, 4) is 0 Å². The molecule has 0 radical (unpaired) electrons. The van der Waals surface area contributed by atoms with Gasteiger partial charge in [-0.25, -0.2) is 0 Å². The fourth-order valence-electron chi connectivity index (χ4n) is 5.48. The van der Waals surface area contributed by atoms with Crippen molar-refractivity contribution in [2.24, 2.45) is 11.3 Å². The Bertz CT molecular complexity index is 575. The molecule has 1 aliphatic carbocycles. The van der Waals surface area contributed by atoms with E-state index in [4.69, 9.17) is 0 Å². The van der Waals surface area contributed by atoms with Crippen LogP contribution in [0.25, 0.3) is 0 Å². The van der Waals surface area contributed by atoms with Gasteiger partial charge in [0.25, 0.3) is 0 Å². The maximum Gasteiger partial charge on any atom is 0.336 e. The Morgan fingerprint density at radius 3 is 1.65 bits per heavy atom.